The van der Waals surface area contributed by atoms with Crippen molar-refractivity contribution >= 4 is 11.3 Å². The maximum atomic E-state index is 3.95. The Hall–Kier alpha value is -0.340. The van der Waals surface area contributed by atoms with Crippen molar-refractivity contribution in [3.8, 4) is 0 Å². The van der Waals surface area contributed by atoms with Gasteiger partial charge in [-0.1, -0.05) is 6.07 Å². The summed E-state index contributed by atoms with van der Waals surface area (Å²) >= 11 is 1.89. The van der Waals surface area contributed by atoms with E-state index in [1.54, 1.807) is 19.3 Å². The first-order valence-corrected chi connectivity index (χ1v) is 9.32. The molecule has 4 fully saturated rings. The zero-order valence-electron chi connectivity index (χ0n) is 12.8. The van der Waals surface area contributed by atoms with Crippen molar-refractivity contribution in [2.75, 3.05) is 0 Å². The molecule has 1 nitrogen and oxygen atoms in total. The average molecular weight is 289 g/mol. The predicted molar refractivity (Wildman–Crippen MR) is 85.9 cm³/mol. The zero-order chi connectivity index (χ0) is 13.7. The molecule has 1 aromatic heterocycles. The molecule has 2 atom stereocenters. The monoisotopic (exact) mass is 289 g/mol. The van der Waals surface area contributed by atoms with Crippen LogP contribution in [0, 0.1) is 23.2 Å². The fraction of sp³-hybridized carbons (Fsp3) is 0.778. The van der Waals surface area contributed by atoms with Crippen LogP contribution in [0.3, 0.4) is 0 Å². The van der Waals surface area contributed by atoms with E-state index < -0.39 is 0 Å². The summed E-state index contributed by atoms with van der Waals surface area (Å²) in [6.45, 7) is 4.81. The van der Waals surface area contributed by atoms with E-state index in [4.69, 9.17) is 0 Å². The van der Waals surface area contributed by atoms with Gasteiger partial charge in [0.25, 0.3) is 0 Å². The molecule has 0 radical (unpaired) electrons. The maximum absolute atomic E-state index is 3.95. The second-order valence-corrected chi connectivity index (χ2v) is 8.88. The molecule has 20 heavy (non-hydrogen) atoms. The van der Waals surface area contributed by atoms with Crippen LogP contribution in [0.15, 0.2) is 17.5 Å². The number of rotatable bonds is 4. The molecule has 4 aliphatic carbocycles. The molecule has 0 aromatic carbocycles. The van der Waals surface area contributed by atoms with Crippen LogP contribution >= 0.6 is 11.3 Å². The van der Waals surface area contributed by atoms with Crippen molar-refractivity contribution in [2.24, 2.45) is 23.2 Å². The van der Waals surface area contributed by atoms with Crippen LogP contribution in [0.4, 0.5) is 0 Å². The summed E-state index contributed by atoms with van der Waals surface area (Å²) in [5.74, 6) is 3.17. The van der Waals surface area contributed by atoms with Crippen molar-refractivity contribution in [2.45, 2.75) is 64.5 Å². The lowest BCUT2D eigenvalue weighted by Gasteiger charge is -2.59. The van der Waals surface area contributed by atoms with Gasteiger partial charge in [-0.05, 0) is 87.0 Å². The Balaban J connectivity index is 1.49. The molecule has 1 aromatic rings. The van der Waals surface area contributed by atoms with Crippen LogP contribution in [-0.2, 0) is 0 Å². The molecular formula is C18H27NS. The van der Waals surface area contributed by atoms with Gasteiger partial charge in [-0.3, -0.25) is 0 Å². The third-order valence-corrected chi connectivity index (χ3v) is 7.53. The first kappa shape index (κ1) is 13.3. The molecule has 1 heterocycles. The molecule has 2 heteroatoms. The van der Waals surface area contributed by atoms with E-state index in [0.717, 1.165) is 17.8 Å². The fourth-order valence-corrected chi connectivity index (χ4v) is 6.62. The van der Waals surface area contributed by atoms with Gasteiger partial charge < -0.3 is 5.32 Å². The van der Waals surface area contributed by atoms with Crippen LogP contribution in [0.5, 0.6) is 0 Å². The molecule has 0 saturated heterocycles. The molecule has 4 aliphatic rings. The van der Waals surface area contributed by atoms with E-state index in [1.165, 1.54) is 24.1 Å². The summed E-state index contributed by atoms with van der Waals surface area (Å²) in [4.78, 5) is 1.49. The van der Waals surface area contributed by atoms with Crippen molar-refractivity contribution in [3.63, 3.8) is 0 Å². The Morgan fingerprint density at radius 1 is 1.10 bits per heavy atom. The van der Waals surface area contributed by atoms with Crippen LogP contribution in [0.1, 0.15) is 63.3 Å². The molecule has 1 N–H and O–H groups in total. The van der Waals surface area contributed by atoms with Gasteiger partial charge in [-0.2, -0.15) is 0 Å². The van der Waals surface area contributed by atoms with E-state index in [0.29, 0.717) is 17.5 Å². The summed E-state index contributed by atoms with van der Waals surface area (Å²) in [6, 6.07) is 5.63. The lowest BCUT2D eigenvalue weighted by molar-refractivity contribution is -0.0718. The molecule has 4 bridgehead atoms. The van der Waals surface area contributed by atoms with E-state index in [9.17, 15) is 0 Å². The van der Waals surface area contributed by atoms with E-state index in [2.05, 4.69) is 36.7 Å². The largest absolute Gasteiger partial charge is 0.306 e. The quantitative estimate of drug-likeness (QED) is 0.822. The summed E-state index contributed by atoms with van der Waals surface area (Å²) in [7, 11) is 0. The van der Waals surface area contributed by atoms with Gasteiger partial charge in [0.15, 0.2) is 0 Å². The van der Waals surface area contributed by atoms with Crippen molar-refractivity contribution < 1.29 is 0 Å². The highest BCUT2D eigenvalue weighted by atomic mass is 32.1. The minimum absolute atomic E-state index is 0.512. The Morgan fingerprint density at radius 3 is 2.20 bits per heavy atom. The highest BCUT2D eigenvalue weighted by Gasteiger charge is 2.53. The molecule has 110 valence electrons. The van der Waals surface area contributed by atoms with E-state index >= 15 is 0 Å². The summed E-state index contributed by atoms with van der Waals surface area (Å²) in [5.41, 5.74) is 0.625. The number of nitrogens with one attached hydrogen (secondary N) is 1. The molecule has 0 amide bonds. The molecular weight excluding hydrogens is 262 g/mol. The van der Waals surface area contributed by atoms with Crippen LogP contribution in [0.2, 0.25) is 0 Å². The Bertz CT molecular complexity index is 428. The summed E-state index contributed by atoms with van der Waals surface area (Å²) in [6.07, 6.45) is 9.16. The SMILES string of the molecule is CC(N[C@@H](C)c1cccs1)C12CC3CC(CC(C3)C1)C2. The number of hydrogen-bond acceptors (Lipinski definition) is 2. The summed E-state index contributed by atoms with van der Waals surface area (Å²) in [5, 5.41) is 6.15. The van der Waals surface area contributed by atoms with E-state index in [1.807, 2.05) is 11.3 Å². The average Bonchev–Trinajstić information content (AvgIpc) is 2.90. The molecule has 1 unspecified atom stereocenters. The second-order valence-electron chi connectivity index (χ2n) is 7.91. The molecule has 4 saturated carbocycles. The lowest BCUT2D eigenvalue weighted by atomic mass is 9.48. The third-order valence-electron chi connectivity index (χ3n) is 6.47. The van der Waals surface area contributed by atoms with Gasteiger partial charge in [0.1, 0.15) is 0 Å². The van der Waals surface area contributed by atoms with Crippen LogP contribution in [-0.4, -0.2) is 6.04 Å². The van der Waals surface area contributed by atoms with Crippen LogP contribution in [0.25, 0.3) is 0 Å². The normalized spacial score (nSPS) is 41.8. The lowest BCUT2D eigenvalue weighted by Crippen LogP contribution is -2.55. The van der Waals surface area contributed by atoms with Gasteiger partial charge >= 0.3 is 0 Å². The van der Waals surface area contributed by atoms with Gasteiger partial charge in [-0.15, -0.1) is 11.3 Å². The first-order valence-electron chi connectivity index (χ1n) is 8.44. The van der Waals surface area contributed by atoms with Crippen molar-refractivity contribution in [3.05, 3.63) is 22.4 Å². The fourth-order valence-electron chi connectivity index (χ4n) is 5.88. The van der Waals surface area contributed by atoms with Crippen molar-refractivity contribution in [1.82, 2.24) is 5.32 Å². The van der Waals surface area contributed by atoms with Gasteiger partial charge in [-0.25, -0.2) is 0 Å². The minimum atomic E-state index is 0.512. The maximum Gasteiger partial charge on any atom is 0.0388 e. The van der Waals surface area contributed by atoms with Crippen LogP contribution < -0.4 is 5.32 Å². The van der Waals surface area contributed by atoms with E-state index in [-0.39, 0.29) is 0 Å². The molecule has 0 aliphatic heterocycles. The van der Waals surface area contributed by atoms with Gasteiger partial charge in [0.05, 0.1) is 0 Å². The predicted octanol–water partition coefficient (Wildman–Crippen LogP) is 5.00. The topological polar surface area (TPSA) is 12.0 Å². The Labute approximate surface area is 127 Å². The van der Waals surface area contributed by atoms with Gasteiger partial charge in [0.2, 0.25) is 0 Å². The van der Waals surface area contributed by atoms with Gasteiger partial charge in [0, 0.05) is 17.0 Å². The molecule has 0 spiro atoms. The highest BCUT2D eigenvalue weighted by molar-refractivity contribution is 7.10. The smallest absolute Gasteiger partial charge is 0.0388 e. The third kappa shape index (κ3) is 2.16. The molecule has 5 rings (SSSR count). The standard InChI is InChI=1S/C18H27NS/c1-12(17-4-3-5-20-17)19-13(2)18-9-14-6-15(10-18)8-16(7-14)11-18/h3-5,12-16,19H,6-11H2,1-2H3/t12-,13?,14?,15?,16?,18?/m0/s1. The minimum Gasteiger partial charge on any atom is -0.306 e. The first-order chi connectivity index (χ1) is 9.64. The highest BCUT2D eigenvalue weighted by Crippen LogP contribution is 2.61. The number of thiophene rings is 1. The zero-order valence-corrected chi connectivity index (χ0v) is 13.6. The Morgan fingerprint density at radius 2 is 1.70 bits per heavy atom. The number of hydrogen-bond donors (Lipinski definition) is 1. The van der Waals surface area contributed by atoms with Crippen molar-refractivity contribution in [1.29, 1.82) is 0 Å². The second kappa shape index (κ2) is 4.84. The Kier molecular flexibility index (Phi) is 3.23. The summed E-state index contributed by atoms with van der Waals surface area (Å²) < 4.78 is 0.